The lowest BCUT2D eigenvalue weighted by atomic mass is 10.1. The number of hydrogen-bond donors (Lipinski definition) is 1. The van der Waals surface area contributed by atoms with Crippen molar-refractivity contribution in [2.45, 2.75) is 36.5 Å². The van der Waals surface area contributed by atoms with Crippen molar-refractivity contribution < 1.29 is 21.6 Å². The van der Waals surface area contributed by atoms with E-state index in [9.17, 15) is 21.6 Å². The lowest BCUT2D eigenvalue weighted by molar-refractivity contribution is -0.139. The Kier molecular flexibility index (Phi) is 6.28. The molecule has 152 valence electrons. The molecule has 28 heavy (non-hydrogen) atoms. The SMILES string of the molecule is O=S(=O)(NC1CCN(Cc2ccc(Cl)nc2)CC1)c1ccccc1C(F)(F)F. The van der Waals surface area contributed by atoms with E-state index in [4.69, 9.17) is 11.6 Å². The Morgan fingerprint density at radius 3 is 2.43 bits per heavy atom. The molecule has 1 saturated heterocycles. The number of halogens is 4. The Balaban J connectivity index is 1.62. The average molecular weight is 434 g/mol. The van der Waals surface area contributed by atoms with E-state index in [1.165, 1.54) is 12.1 Å². The lowest BCUT2D eigenvalue weighted by Gasteiger charge is -2.32. The fourth-order valence-electron chi connectivity index (χ4n) is 3.19. The Labute approximate surface area is 166 Å². The molecule has 2 aromatic rings. The number of rotatable bonds is 5. The van der Waals surface area contributed by atoms with Gasteiger partial charge in [0.15, 0.2) is 0 Å². The van der Waals surface area contributed by atoms with E-state index in [1.54, 1.807) is 12.3 Å². The lowest BCUT2D eigenvalue weighted by Crippen LogP contribution is -2.44. The second-order valence-corrected chi connectivity index (χ2v) is 8.72. The van der Waals surface area contributed by atoms with Crippen LogP contribution >= 0.6 is 11.6 Å². The summed E-state index contributed by atoms with van der Waals surface area (Å²) in [5.41, 5.74) is -0.169. The molecule has 0 amide bonds. The van der Waals surface area contributed by atoms with Crippen molar-refractivity contribution in [1.82, 2.24) is 14.6 Å². The largest absolute Gasteiger partial charge is 0.417 e. The summed E-state index contributed by atoms with van der Waals surface area (Å²) in [7, 11) is -4.27. The molecule has 0 atom stereocenters. The number of alkyl halides is 3. The summed E-state index contributed by atoms with van der Waals surface area (Å²) in [5, 5.41) is 0.413. The van der Waals surface area contributed by atoms with E-state index in [0.717, 1.165) is 17.7 Å². The van der Waals surface area contributed by atoms with Gasteiger partial charge in [-0.05, 0) is 36.6 Å². The van der Waals surface area contributed by atoms with Crippen LogP contribution in [0, 0.1) is 0 Å². The maximum absolute atomic E-state index is 13.1. The second-order valence-electron chi connectivity index (χ2n) is 6.65. The normalized spacial score (nSPS) is 17.0. The van der Waals surface area contributed by atoms with Gasteiger partial charge in [-0.3, -0.25) is 4.90 Å². The standard InChI is InChI=1S/C18H19ClF3N3O2S/c19-17-6-5-13(11-23-17)12-25-9-7-14(8-10-25)24-28(26,27)16-4-2-1-3-15(16)18(20,21)22/h1-6,11,14,24H,7-10,12H2. The first-order chi connectivity index (χ1) is 13.1. The predicted molar refractivity (Wildman–Crippen MR) is 99.3 cm³/mol. The van der Waals surface area contributed by atoms with Crippen molar-refractivity contribution in [2.75, 3.05) is 13.1 Å². The smallest absolute Gasteiger partial charge is 0.299 e. The maximum atomic E-state index is 13.1. The zero-order chi connectivity index (χ0) is 20.4. The monoisotopic (exact) mass is 433 g/mol. The highest BCUT2D eigenvalue weighted by atomic mass is 35.5. The molecule has 1 aliphatic rings. The van der Waals surface area contributed by atoms with Crippen LogP contribution in [0.15, 0.2) is 47.5 Å². The van der Waals surface area contributed by atoms with Gasteiger partial charge in [0.2, 0.25) is 10.0 Å². The van der Waals surface area contributed by atoms with Crippen LogP contribution in [-0.2, 0) is 22.7 Å². The molecule has 1 fully saturated rings. The van der Waals surface area contributed by atoms with Crippen LogP contribution in [0.2, 0.25) is 5.15 Å². The summed E-state index contributed by atoms with van der Waals surface area (Å²) in [4.78, 5) is 5.42. The highest BCUT2D eigenvalue weighted by molar-refractivity contribution is 7.89. The highest BCUT2D eigenvalue weighted by Gasteiger charge is 2.37. The highest BCUT2D eigenvalue weighted by Crippen LogP contribution is 2.34. The zero-order valence-electron chi connectivity index (χ0n) is 14.8. The molecule has 0 bridgehead atoms. The van der Waals surface area contributed by atoms with Crippen molar-refractivity contribution >= 4 is 21.6 Å². The van der Waals surface area contributed by atoms with E-state index < -0.39 is 32.7 Å². The number of pyridine rings is 1. The minimum Gasteiger partial charge on any atom is -0.299 e. The number of benzene rings is 1. The molecule has 0 saturated carbocycles. The molecule has 1 aromatic carbocycles. The van der Waals surface area contributed by atoms with Crippen molar-refractivity contribution in [1.29, 1.82) is 0 Å². The number of nitrogens with zero attached hydrogens (tertiary/aromatic N) is 2. The molecular formula is C18H19ClF3N3O2S. The molecule has 3 rings (SSSR count). The number of hydrogen-bond acceptors (Lipinski definition) is 4. The van der Waals surface area contributed by atoms with Gasteiger partial charge in [0.25, 0.3) is 0 Å². The summed E-state index contributed by atoms with van der Waals surface area (Å²) in [6.45, 7) is 1.90. The molecule has 0 aliphatic carbocycles. The first kappa shape index (κ1) is 21.0. The Bertz CT molecular complexity index is 912. The van der Waals surface area contributed by atoms with E-state index in [-0.39, 0.29) is 0 Å². The van der Waals surface area contributed by atoms with Crippen LogP contribution in [0.5, 0.6) is 0 Å². The maximum Gasteiger partial charge on any atom is 0.417 e. The van der Waals surface area contributed by atoms with Gasteiger partial charge in [-0.2, -0.15) is 13.2 Å². The molecule has 5 nitrogen and oxygen atoms in total. The second kappa shape index (κ2) is 8.36. The van der Waals surface area contributed by atoms with E-state index >= 15 is 0 Å². The minimum atomic E-state index is -4.73. The van der Waals surface area contributed by atoms with Crippen molar-refractivity contribution in [2.24, 2.45) is 0 Å². The van der Waals surface area contributed by atoms with Gasteiger partial charge in [0.1, 0.15) is 5.15 Å². The molecule has 1 N–H and O–H groups in total. The Hall–Kier alpha value is -1.68. The van der Waals surface area contributed by atoms with Crippen LogP contribution in [0.3, 0.4) is 0 Å². The summed E-state index contributed by atoms with van der Waals surface area (Å²) < 4.78 is 66.9. The van der Waals surface area contributed by atoms with Crippen LogP contribution < -0.4 is 4.72 Å². The molecule has 0 radical (unpaired) electrons. The van der Waals surface area contributed by atoms with Crippen LogP contribution in [-0.4, -0.2) is 37.4 Å². The third-order valence-electron chi connectivity index (χ3n) is 4.59. The van der Waals surface area contributed by atoms with E-state index in [1.807, 2.05) is 6.07 Å². The third kappa shape index (κ3) is 5.22. The number of nitrogens with one attached hydrogen (secondary N) is 1. The molecule has 1 aromatic heterocycles. The molecule has 0 spiro atoms. The Morgan fingerprint density at radius 1 is 1.14 bits per heavy atom. The van der Waals surface area contributed by atoms with Gasteiger partial charge in [-0.1, -0.05) is 29.8 Å². The number of piperidine rings is 1. The predicted octanol–water partition coefficient (Wildman–Crippen LogP) is 3.70. The van der Waals surface area contributed by atoms with E-state index in [0.29, 0.717) is 37.6 Å². The van der Waals surface area contributed by atoms with Gasteiger partial charge in [0, 0.05) is 31.9 Å². The zero-order valence-corrected chi connectivity index (χ0v) is 16.4. The van der Waals surface area contributed by atoms with Crippen molar-refractivity contribution in [3.63, 3.8) is 0 Å². The van der Waals surface area contributed by atoms with Gasteiger partial charge in [-0.25, -0.2) is 18.1 Å². The minimum absolute atomic E-state index is 0.411. The summed E-state index contributed by atoms with van der Waals surface area (Å²) >= 11 is 5.76. The van der Waals surface area contributed by atoms with Gasteiger partial charge in [-0.15, -0.1) is 0 Å². The third-order valence-corrected chi connectivity index (χ3v) is 6.39. The van der Waals surface area contributed by atoms with Gasteiger partial charge in [0.05, 0.1) is 10.5 Å². The number of aromatic nitrogens is 1. The fraction of sp³-hybridized carbons (Fsp3) is 0.389. The first-order valence-corrected chi connectivity index (χ1v) is 10.5. The first-order valence-electron chi connectivity index (χ1n) is 8.66. The Morgan fingerprint density at radius 2 is 1.82 bits per heavy atom. The van der Waals surface area contributed by atoms with Gasteiger partial charge >= 0.3 is 6.18 Å². The van der Waals surface area contributed by atoms with Crippen LogP contribution in [0.25, 0.3) is 0 Å². The molecule has 10 heteroatoms. The van der Waals surface area contributed by atoms with Crippen molar-refractivity contribution in [3.05, 3.63) is 58.9 Å². The summed E-state index contributed by atoms with van der Waals surface area (Å²) in [6.07, 6.45) is -2.03. The molecule has 0 unspecified atom stereocenters. The average Bonchev–Trinajstić information content (AvgIpc) is 2.64. The summed E-state index contributed by atoms with van der Waals surface area (Å²) in [5.74, 6) is 0. The number of likely N-dealkylation sites (tertiary alicyclic amines) is 1. The van der Waals surface area contributed by atoms with Crippen LogP contribution in [0.1, 0.15) is 24.0 Å². The van der Waals surface area contributed by atoms with Gasteiger partial charge < -0.3 is 0 Å². The van der Waals surface area contributed by atoms with Crippen LogP contribution in [0.4, 0.5) is 13.2 Å². The fourth-order valence-corrected chi connectivity index (χ4v) is 4.83. The molecule has 1 aliphatic heterocycles. The molecular weight excluding hydrogens is 415 g/mol. The quantitative estimate of drug-likeness (QED) is 0.730. The van der Waals surface area contributed by atoms with Crippen molar-refractivity contribution in [3.8, 4) is 0 Å². The topological polar surface area (TPSA) is 62.3 Å². The summed E-state index contributed by atoms with van der Waals surface area (Å²) in [6, 6.07) is 7.38. The van der Waals surface area contributed by atoms with E-state index in [2.05, 4.69) is 14.6 Å². The number of sulfonamides is 1. The molecule has 2 heterocycles.